The first-order valence-corrected chi connectivity index (χ1v) is 12.7. The van der Waals surface area contributed by atoms with Crippen LogP contribution in [-0.4, -0.2) is 45.0 Å². The molecule has 1 saturated heterocycles. The van der Waals surface area contributed by atoms with Crippen molar-refractivity contribution in [1.82, 2.24) is 9.88 Å². The van der Waals surface area contributed by atoms with Crippen molar-refractivity contribution in [3.63, 3.8) is 0 Å². The van der Waals surface area contributed by atoms with Crippen LogP contribution >= 0.6 is 23.4 Å². The number of nitro groups is 1. The number of hydrogen-bond donors (Lipinski definition) is 1. The fourth-order valence-corrected chi connectivity index (χ4v) is 4.44. The predicted molar refractivity (Wildman–Crippen MR) is 146 cm³/mol. The van der Waals surface area contributed by atoms with Gasteiger partial charge < -0.3 is 14.8 Å². The molecule has 0 bridgehead atoms. The highest BCUT2D eigenvalue weighted by Gasteiger charge is 2.36. The van der Waals surface area contributed by atoms with Crippen LogP contribution in [0.3, 0.4) is 0 Å². The van der Waals surface area contributed by atoms with Crippen LogP contribution < -0.4 is 14.8 Å². The molecule has 0 saturated carbocycles. The minimum Gasteiger partial charge on any atom is -0.490 e. The van der Waals surface area contributed by atoms with Crippen molar-refractivity contribution in [1.29, 1.82) is 0 Å². The number of nitrogens with one attached hydrogen (secondary N) is 1. The average molecular weight is 569 g/mol. The van der Waals surface area contributed by atoms with E-state index in [4.69, 9.17) is 21.1 Å². The third-order valence-corrected chi connectivity index (χ3v) is 6.66. The van der Waals surface area contributed by atoms with E-state index in [0.717, 1.165) is 28.4 Å². The SMILES string of the molecule is CCOc1cc(/C=C2\SC(=O)N(CC(=O)Nc3ccc(C)c(Cl)c3)C2=O)ccc1Oc1ccc([N+](=O)[O-])cn1. The number of aryl methyl sites for hydroxylation is 1. The Labute approximate surface area is 231 Å². The van der Waals surface area contributed by atoms with Crippen molar-refractivity contribution in [3.8, 4) is 17.4 Å². The normalized spacial score (nSPS) is 14.0. The molecule has 1 aliphatic heterocycles. The van der Waals surface area contributed by atoms with Gasteiger partial charge in [0.05, 0.1) is 16.4 Å². The van der Waals surface area contributed by atoms with Crippen LogP contribution in [0.2, 0.25) is 5.02 Å². The molecule has 4 rings (SSSR count). The molecule has 0 aliphatic carbocycles. The maximum Gasteiger partial charge on any atom is 0.294 e. The number of ether oxygens (including phenoxy) is 2. The van der Waals surface area contributed by atoms with Crippen molar-refractivity contribution in [2.45, 2.75) is 13.8 Å². The van der Waals surface area contributed by atoms with Crippen molar-refractivity contribution >= 4 is 57.9 Å². The van der Waals surface area contributed by atoms with Gasteiger partial charge in [0.1, 0.15) is 12.7 Å². The molecule has 1 N–H and O–H groups in total. The lowest BCUT2D eigenvalue weighted by Gasteiger charge is -2.13. The zero-order valence-corrected chi connectivity index (χ0v) is 22.2. The maximum absolute atomic E-state index is 12.9. The molecular formula is C26H21ClN4O7S. The lowest BCUT2D eigenvalue weighted by molar-refractivity contribution is -0.385. The molecule has 0 radical (unpaired) electrons. The number of imide groups is 1. The molecule has 0 atom stereocenters. The van der Waals surface area contributed by atoms with Crippen LogP contribution in [0.25, 0.3) is 6.08 Å². The van der Waals surface area contributed by atoms with Gasteiger partial charge in [-0.05, 0) is 67.1 Å². The van der Waals surface area contributed by atoms with Crippen LogP contribution in [0, 0.1) is 17.0 Å². The Bertz CT molecular complexity index is 1490. The predicted octanol–water partition coefficient (Wildman–Crippen LogP) is 5.82. The van der Waals surface area contributed by atoms with Crippen LogP contribution in [-0.2, 0) is 9.59 Å². The zero-order valence-electron chi connectivity index (χ0n) is 20.7. The van der Waals surface area contributed by atoms with Gasteiger partial charge in [-0.1, -0.05) is 23.7 Å². The van der Waals surface area contributed by atoms with Crippen LogP contribution in [0.4, 0.5) is 16.2 Å². The van der Waals surface area contributed by atoms with Crippen molar-refractivity contribution in [2.24, 2.45) is 0 Å². The lowest BCUT2D eigenvalue weighted by Crippen LogP contribution is -2.36. The van der Waals surface area contributed by atoms with Crippen molar-refractivity contribution in [3.05, 3.63) is 85.9 Å². The first-order chi connectivity index (χ1) is 18.6. The summed E-state index contributed by atoms with van der Waals surface area (Å²) < 4.78 is 11.4. The summed E-state index contributed by atoms with van der Waals surface area (Å²) in [5, 5.41) is 13.4. The topological polar surface area (TPSA) is 141 Å². The monoisotopic (exact) mass is 568 g/mol. The van der Waals surface area contributed by atoms with Crippen LogP contribution in [0.5, 0.6) is 17.4 Å². The summed E-state index contributed by atoms with van der Waals surface area (Å²) >= 11 is 6.80. The molecule has 2 aromatic carbocycles. The van der Waals surface area contributed by atoms with E-state index in [2.05, 4.69) is 10.3 Å². The van der Waals surface area contributed by atoms with Gasteiger partial charge in [-0.15, -0.1) is 0 Å². The summed E-state index contributed by atoms with van der Waals surface area (Å²) in [7, 11) is 0. The number of anilines is 1. The highest BCUT2D eigenvalue weighted by atomic mass is 35.5. The molecule has 1 aromatic heterocycles. The quantitative estimate of drug-likeness (QED) is 0.192. The molecule has 39 heavy (non-hydrogen) atoms. The summed E-state index contributed by atoms with van der Waals surface area (Å²) in [6.07, 6.45) is 2.59. The van der Waals surface area contributed by atoms with Gasteiger partial charge in [0.25, 0.3) is 16.8 Å². The van der Waals surface area contributed by atoms with Crippen LogP contribution in [0.15, 0.2) is 59.6 Å². The van der Waals surface area contributed by atoms with Crippen LogP contribution in [0.1, 0.15) is 18.1 Å². The summed E-state index contributed by atoms with van der Waals surface area (Å²) in [4.78, 5) is 53.1. The first-order valence-electron chi connectivity index (χ1n) is 11.5. The van der Waals surface area contributed by atoms with Gasteiger partial charge in [-0.2, -0.15) is 0 Å². The number of aromatic nitrogens is 1. The zero-order chi connectivity index (χ0) is 28.1. The molecule has 200 valence electrons. The second-order valence-corrected chi connectivity index (χ2v) is 9.53. The Morgan fingerprint density at radius 2 is 1.97 bits per heavy atom. The van der Waals surface area contributed by atoms with Gasteiger partial charge >= 0.3 is 0 Å². The molecule has 13 heteroatoms. The number of thioether (sulfide) groups is 1. The van der Waals surface area contributed by atoms with E-state index >= 15 is 0 Å². The number of amides is 3. The van der Waals surface area contributed by atoms with E-state index in [1.165, 1.54) is 18.2 Å². The van der Waals surface area contributed by atoms with Crippen molar-refractivity contribution in [2.75, 3.05) is 18.5 Å². The van der Waals surface area contributed by atoms with E-state index in [9.17, 15) is 24.5 Å². The van der Waals surface area contributed by atoms with Gasteiger partial charge in [0.15, 0.2) is 11.5 Å². The summed E-state index contributed by atoms with van der Waals surface area (Å²) in [5.41, 5.74) is 1.68. The van der Waals surface area contributed by atoms with E-state index in [1.807, 2.05) is 6.92 Å². The van der Waals surface area contributed by atoms with E-state index in [-0.39, 0.29) is 16.5 Å². The van der Waals surface area contributed by atoms with Gasteiger partial charge in [0, 0.05) is 22.8 Å². The molecule has 1 aliphatic rings. The smallest absolute Gasteiger partial charge is 0.294 e. The molecule has 11 nitrogen and oxygen atoms in total. The Kier molecular flexibility index (Phi) is 8.47. The van der Waals surface area contributed by atoms with Crippen molar-refractivity contribution < 1.29 is 28.8 Å². The highest BCUT2D eigenvalue weighted by molar-refractivity contribution is 8.18. The maximum atomic E-state index is 12.9. The molecule has 0 unspecified atom stereocenters. The fourth-order valence-electron chi connectivity index (χ4n) is 3.42. The Morgan fingerprint density at radius 3 is 2.64 bits per heavy atom. The average Bonchev–Trinajstić information content (AvgIpc) is 3.15. The van der Waals surface area contributed by atoms with E-state index in [0.29, 0.717) is 34.4 Å². The van der Waals surface area contributed by atoms with E-state index in [1.54, 1.807) is 43.3 Å². The lowest BCUT2D eigenvalue weighted by atomic mass is 10.2. The third kappa shape index (κ3) is 6.72. The largest absolute Gasteiger partial charge is 0.490 e. The summed E-state index contributed by atoms with van der Waals surface area (Å²) in [6.45, 7) is 3.47. The number of benzene rings is 2. The molecule has 3 aromatic rings. The molecule has 1 fully saturated rings. The number of halogens is 1. The number of carbonyl (C=O) groups excluding carboxylic acids is 3. The number of hydrogen-bond acceptors (Lipinski definition) is 9. The fraction of sp³-hybridized carbons (Fsp3) is 0.154. The standard InChI is InChI=1S/C26H21ClN4O7S/c1-3-37-21-10-16(5-8-20(21)38-24-9-7-18(13-28-24)31(35)36)11-22-25(33)30(26(34)39-22)14-23(32)29-17-6-4-15(2)19(27)12-17/h4-13H,3,14H2,1-2H3,(H,29,32)/b22-11-. The number of pyridine rings is 1. The third-order valence-electron chi connectivity index (χ3n) is 5.34. The highest BCUT2D eigenvalue weighted by Crippen LogP contribution is 2.36. The Hall–Kier alpha value is -4.42. The first kappa shape index (κ1) is 27.6. The second kappa shape index (κ2) is 12.0. The second-order valence-electron chi connectivity index (χ2n) is 8.13. The summed E-state index contributed by atoms with van der Waals surface area (Å²) in [6, 6.07) is 12.5. The molecule has 2 heterocycles. The minimum atomic E-state index is -0.601. The van der Waals surface area contributed by atoms with E-state index < -0.39 is 28.5 Å². The molecule has 3 amide bonds. The van der Waals surface area contributed by atoms with Gasteiger partial charge in [-0.25, -0.2) is 4.98 Å². The molecule has 0 spiro atoms. The number of carbonyl (C=O) groups is 3. The minimum absolute atomic E-state index is 0.126. The molecular weight excluding hydrogens is 548 g/mol. The summed E-state index contributed by atoms with van der Waals surface area (Å²) in [5.74, 6) is -0.381. The number of nitrogens with zero attached hydrogens (tertiary/aromatic N) is 3. The van der Waals surface area contributed by atoms with Gasteiger partial charge in [-0.3, -0.25) is 29.4 Å². The Balaban J connectivity index is 1.47. The Morgan fingerprint density at radius 1 is 1.18 bits per heavy atom. The number of rotatable bonds is 9. The van der Waals surface area contributed by atoms with Gasteiger partial charge in [0.2, 0.25) is 11.8 Å².